The Morgan fingerprint density at radius 3 is 2.69 bits per heavy atom. The molecule has 0 aromatic heterocycles. The van der Waals surface area contributed by atoms with Gasteiger partial charge in [-0.25, -0.2) is 0 Å². The van der Waals surface area contributed by atoms with Crippen molar-refractivity contribution >= 4 is 23.1 Å². The van der Waals surface area contributed by atoms with Gasteiger partial charge in [-0.3, -0.25) is 4.79 Å². The number of rotatable bonds is 4. The van der Waals surface area contributed by atoms with Crippen LogP contribution in [0.4, 0.5) is 5.69 Å². The molecule has 0 amide bonds. The molecule has 0 bridgehead atoms. The highest BCUT2D eigenvalue weighted by molar-refractivity contribution is 6.33. The van der Waals surface area contributed by atoms with Crippen LogP contribution in [0.1, 0.15) is 30.1 Å². The second kappa shape index (κ2) is 4.46. The van der Waals surface area contributed by atoms with Crippen LogP contribution in [0.3, 0.4) is 0 Å². The van der Waals surface area contributed by atoms with Crippen molar-refractivity contribution in [1.82, 2.24) is 0 Å². The maximum absolute atomic E-state index is 11.2. The predicted molar refractivity (Wildman–Crippen MR) is 67.5 cm³/mol. The molecule has 0 spiro atoms. The summed E-state index contributed by atoms with van der Waals surface area (Å²) < 4.78 is 0. The van der Waals surface area contributed by atoms with Gasteiger partial charge in [-0.05, 0) is 43.9 Å². The summed E-state index contributed by atoms with van der Waals surface area (Å²) in [5.74, 6) is 0.881. The summed E-state index contributed by atoms with van der Waals surface area (Å²) in [7, 11) is 2.05. The minimum atomic E-state index is 0.0540. The van der Waals surface area contributed by atoms with Crippen LogP contribution in [0.25, 0.3) is 0 Å². The second-order valence-corrected chi connectivity index (χ2v) is 4.95. The Morgan fingerprint density at radius 1 is 1.50 bits per heavy atom. The van der Waals surface area contributed by atoms with Crippen molar-refractivity contribution in [2.24, 2.45) is 5.92 Å². The zero-order valence-corrected chi connectivity index (χ0v) is 10.4. The Morgan fingerprint density at radius 2 is 2.19 bits per heavy atom. The molecule has 86 valence electrons. The van der Waals surface area contributed by atoms with Gasteiger partial charge in [0.15, 0.2) is 5.78 Å². The van der Waals surface area contributed by atoms with Gasteiger partial charge in [-0.2, -0.15) is 0 Å². The molecule has 0 aliphatic heterocycles. The van der Waals surface area contributed by atoms with Gasteiger partial charge in [-0.15, -0.1) is 0 Å². The molecule has 1 aliphatic carbocycles. The molecule has 1 aromatic carbocycles. The van der Waals surface area contributed by atoms with E-state index >= 15 is 0 Å². The number of benzene rings is 1. The van der Waals surface area contributed by atoms with E-state index in [1.54, 1.807) is 13.0 Å². The average Bonchev–Trinajstić information content (AvgIpc) is 3.01. The summed E-state index contributed by atoms with van der Waals surface area (Å²) in [5, 5.41) is 0.663. The van der Waals surface area contributed by atoms with Crippen LogP contribution in [-0.2, 0) is 0 Å². The van der Waals surface area contributed by atoms with Gasteiger partial charge in [0.1, 0.15) is 0 Å². The molecule has 0 unspecified atom stereocenters. The van der Waals surface area contributed by atoms with Gasteiger partial charge in [0, 0.05) is 19.2 Å². The van der Waals surface area contributed by atoms with Crippen molar-refractivity contribution in [3.05, 3.63) is 28.8 Å². The first-order valence-corrected chi connectivity index (χ1v) is 5.97. The van der Waals surface area contributed by atoms with E-state index in [0.29, 0.717) is 10.6 Å². The fraction of sp³-hybridized carbons (Fsp3) is 0.462. The van der Waals surface area contributed by atoms with Crippen LogP contribution in [0.2, 0.25) is 5.02 Å². The van der Waals surface area contributed by atoms with E-state index in [0.717, 1.165) is 18.2 Å². The van der Waals surface area contributed by atoms with E-state index in [4.69, 9.17) is 11.6 Å². The van der Waals surface area contributed by atoms with E-state index in [-0.39, 0.29) is 5.78 Å². The summed E-state index contributed by atoms with van der Waals surface area (Å²) in [4.78, 5) is 13.4. The Balaban J connectivity index is 2.17. The zero-order chi connectivity index (χ0) is 11.7. The predicted octanol–water partition coefficient (Wildman–Crippen LogP) is 3.39. The largest absolute Gasteiger partial charge is 0.373 e. The molecule has 0 heterocycles. The Bertz CT molecular complexity index is 412. The summed E-state index contributed by atoms with van der Waals surface area (Å²) in [6.07, 6.45) is 2.65. The molecule has 0 atom stereocenters. The molecule has 1 saturated carbocycles. The third-order valence-corrected chi connectivity index (χ3v) is 3.30. The molecule has 16 heavy (non-hydrogen) atoms. The molecule has 1 fully saturated rings. The van der Waals surface area contributed by atoms with Gasteiger partial charge in [0.05, 0.1) is 10.7 Å². The summed E-state index contributed by atoms with van der Waals surface area (Å²) in [5.41, 5.74) is 1.69. The van der Waals surface area contributed by atoms with Crippen molar-refractivity contribution < 1.29 is 4.79 Å². The van der Waals surface area contributed by atoms with Crippen molar-refractivity contribution in [2.45, 2.75) is 19.8 Å². The zero-order valence-electron chi connectivity index (χ0n) is 9.66. The van der Waals surface area contributed by atoms with Gasteiger partial charge >= 0.3 is 0 Å². The Kier molecular flexibility index (Phi) is 3.20. The molecule has 1 aromatic rings. The first-order chi connectivity index (χ1) is 7.58. The first-order valence-electron chi connectivity index (χ1n) is 5.59. The summed E-state index contributed by atoms with van der Waals surface area (Å²) in [6, 6.07) is 5.52. The van der Waals surface area contributed by atoms with Gasteiger partial charge in [-0.1, -0.05) is 11.6 Å². The minimum absolute atomic E-state index is 0.0540. The quantitative estimate of drug-likeness (QED) is 0.749. The van der Waals surface area contributed by atoms with Gasteiger partial charge in [0.2, 0.25) is 0 Å². The lowest BCUT2D eigenvalue weighted by Gasteiger charge is -2.20. The molecular weight excluding hydrogens is 222 g/mol. The minimum Gasteiger partial charge on any atom is -0.373 e. The molecule has 1 aliphatic rings. The monoisotopic (exact) mass is 237 g/mol. The number of hydrogen-bond acceptors (Lipinski definition) is 2. The molecule has 0 N–H and O–H groups in total. The highest BCUT2D eigenvalue weighted by Gasteiger charge is 2.23. The maximum atomic E-state index is 11.2. The first kappa shape index (κ1) is 11.5. The number of ketones is 1. The van der Waals surface area contributed by atoms with Crippen molar-refractivity contribution in [3.63, 3.8) is 0 Å². The number of nitrogens with zero attached hydrogens (tertiary/aromatic N) is 1. The fourth-order valence-electron chi connectivity index (χ4n) is 1.82. The lowest BCUT2D eigenvalue weighted by molar-refractivity contribution is 0.101. The highest BCUT2D eigenvalue weighted by atomic mass is 35.5. The van der Waals surface area contributed by atoms with E-state index < -0.39 is 0 Å². The molecule has 3 heteroatoms. The number of hydrogen-bond donors (Lipinski definition) is 0. The third kappa shape index (κ3) is 2.56. The molecule has 2 nitrogen and oxygen atoms in total. The second-order valence-electron chi connectivity index (χ2n) is 4.55. The number of carbonyl (C=O) groups excluding carboxylic acids is 1. The SMILES string of the molecule is CC(=O)c1ccc(N(C)CC2CC2)c(Cl)c1. The van der Waals surface area contributed by atoms with Crippen LogP contribution in [0.15, 0.2) is 18.2 Å². The van der Waals surface area contributed by atoms with Gasteiger partial charge < -0.3 is 4.90 Å². The summed E-state index contributed by atoms with van der Waals surface area (Å²) in [6.45, 7) is 2.61. The number of halogens is 1. The topological polar surface area (TPSA) is 20.3 Å². The highest BCUT2D eigenvalue weighted by Crippen LogP contribution is 2.33. The van der Waals surface area contributed by atoms with Crippen LogP contribution in [0, 0.1) is 5.92 Å². The Hall–Kier alpha value is -1.02. The molecular formula is C13H16ClNO. The fourth-order valence-corrected chi connectivity index (χ4v) is 2.15. The van der Waals surface area contributed by atoms with Crippen molar-refractivity contribution in [3.8, 4) is 0 Å². The van der Waals surface area contributed by atoms with E-state index in [1.165, 1.54) is 12.8 Å². The van der Waals surface area contributed by atoms with Crippen LogP contribution >= 0.6 is 11.6 Å². The lowest BCUT2D eigenvalue weighted by Crippen LogP contribution is -2.20. The smallest absolute Gasteiger partial charge is 0.159 e. The average molecular weight is 238 g/mol. The van der Waals surface area contributed by atoms with E-state index in [2.05, 4.69) is 4.90 Å². The van der Waals surface area contributed by atoms with E-state index in [9.17, 15) is 4.79 Å². The van der Waals surface area contributed by atoms with Crippen LogP contribution in [-0.4, -0.2) is 19.4 Å². The number of carbonyl (C=O) groups is 1. The number of anilines is 1. The maximum Gasteiger partial charge on any atom is 0.159 e. The summed E-state index contributed by atoms with van der Waals surface area (Å²) >= 11 is 6.18. The third-order valence-electron chi connectivity index (χ3n) is 2.99. The van der Waals surface area contributed by atoms with Crippen molar-refractivity contribution in [2.75, 3.05) is 18.5 Å². The van der Waals surface area contributed by atoms with Gasteiger partial charge in [0.25, 0.3) is 0 Å². The molecule has 0 radical (unpaired) electrons. The van der Waals surface area contributed by atoms with Crippen molar-refractivity contribution in [1.29, 1.82) is 0 Å². The van der Waals surface area contributed by atoms with Crippen LogP contribution in [0.5, 0.6) is 0 Å². The standard InChI is InChI=1S/C13H16ClNO/c1-9(16)11-5-6-13(12(14)7-11)15(2)8-10-3-4-10/h5-7,10H,3-4,8H2,1-2H3. The lowest BCUT2D eigenvalue weighted by atomic mass is 10.1. The molecule has 0 saturated heterocycles. The Labute approximate surface area is 101 Å². The normalized spacial score (nSPS) is 14.9. The van der Waals surface area contributed by atoms with Crippen LogP contribution < -0.4 is 4.90 Å². The molecule has 2 rings (SSSR count). The number of Topliss-reactive ketones (excluding diaryl/α,β-unsaturated/α-hetero) is 1. The van der Waals surface area contributed by atoms with E-state index in [1.807, 2.05) is 19.2 Å².